The minimum absolute atomic E-state index is 0.124. The first kappa shape index (κ1) is 22.8. The number of benzene rings is 1. The van der Waals surface area contributed by atoms with E-state index in [1.54, 1.807) is 22.8 Å². The lowest BCUT2D eigenvalue weighted by molar-refractivity contribution is -0.132. The fourth-order valence-corrected chi connectivity index (χ4v) is 4.20. The van der Waals surface area contributed by atoms with Crippen LogP contribution in [0, 0.1) is 0 Å². The number of amides is 3. The van der Waals surface area contributed by atoms with Crippen molar-refractivity contribution in [3.8, 4) is 0 Å². The molecule has 2 saturated heterocycles. The van der Waals surface area contributed by atoms with Gasteiger partial charge in [-0.3, -0.25) is 14.7 Å². The van der Waals surface area contributed by atoms with E-state index in [-0.39, 0.29) is 30.6 Å². The zero-order valence-electron chi connectivity index (χ0n) is 18.8. The summed E-state index contributed by atoms with van der Waals surface area (Å²) in [5, 5.41) is 9.59. The van der Waals surface area contributed by atoms with Gasteiger partial charge >= 0.3 is 6.09 Å². The van der Waals surface area contributed by atoms with Gasteiger partial charge in [0.2, 0.25) is 5.91 Å². The number of morpholine rings is 1. The average molecular weight is 456 g/mol. The summed E-state index contributed by atoms with van der Waals surface area (Å²) in [7, 11) is 0. The number of rotatable bonds is 6. The minimum Gasteiger partial charge on any atom is -0.445 e. The number of nitrogens with one attached hydrogen (secondary N) is 2. The quantitative estimate of drug-likeness (QED) is 0.679. The lowest BCUT2D eigenvalue weighted by Gasteiger charge is -2.36. The number of carbonyl (C=O) groups excluding carboxylic acids is 3. The van der Waals surface area contributed by atoms with Crippen molar-refractivity contribution in [2.24, 2.45) is 0 Å². The van der Waals surface area contributed by atoms with Crippen LogP contribution in [-0.2, 0) is 27.3 Å². The van der Waals surface area contributed by atoms with Crippen molar-refractivity contribution in [1.29, 1.82) is 0 Å². The summed E-state index contributed by atoms with van der Waals surface area (Å²) in [5.41, 5.74) is 2.12. The smallest absolute Gasteiger partial charge is 0.408 e. The SMILES string of the molecule is CCc1cc(C(=O)N2CCO[C@@H]3CN(C(=O)C(C)NC(=O)OCc4ccccc4)C[C@@H]32)n[nH]1. The first-order valence-corrected chi connectivity index (χ1v) is 11.2. The van der Waals surface area contributed by atoms with Gasteiger partial charge in [0.25, 0.3) is 5.91 Å². The van der Waals surface area contributed by atoms with Gasteiger partial charge in [0.05, 0.1) is 18.8 Å². The molecule has 176 valence electrons. The Hall–Kier alpha value is -3.40. The van der Waals surface area contributed by atoms with Crippen LogP contribution in [0.3, 0.4) is 0 Å². The molecular weight excluding hydrogens is 426 g/mol. The lowest BCUT2D eigenvalue weighted by Crippen LogP contribution is -2.53. The molecule has 10 heteroatoms. The molecule has 2 N–H and O–H groups in total. The zero-order valence-corrected chi connectivity index (χ0v) is 18.8. The van der Waals surface area contributed by atoms with Crippen LogP contribution in [0.15, 0.2) is 36.4 Å². The topological polar surface area (TPSA) is 117 Å². The number of ether oxygens (including phenoxy) is 2. The molecule has 3 heterocycles. The monoisotopic (exact) mass is 455 g/mol. The van der Waals surface area contributed by atoms with Crippen molar-refractivity contribution < 1.29 is 23.9 Å². The highest BCUT2D eigenvalue weighted by Crippen LogP contribution is 2.25. The van der Waals surface area contributed by atoms with Gasteiger partial charge in [-0.15, -0.1) is 0 Å². The van der Waals surface area contributed by atoms with Gasteiger partial charge in [0.1, 0.15) is 18.3 Å². The number of aromatic amines is 1. The number of likely N-dealkylation sites (tertiary alicyclic amines) is 1. The molecule has 0 saturated carbocycles. The third kappa shape index (κ3) is 5.16. The Labute approximate surface area is 192 Å². The Balaban J connectivity index is 1.32. The summed E-state index contributed by atoms with van der Waals surface area (Å²) < 4.78 is 11.1. The van der Waals surface area contributed by atoms with E-state index in [0.717, 1.165) is 17.7 Å². The first-order chi connectivity index (χ1) is 16.0. The van der Waals surface area contributed by atoms with Crippen LogP contribution < -0.4 is 5.32 Å². The minimum atomic E-state index is -0.768. The predicted molar refractivity (Wildman–Crippen MR) is 118 cm³/mol. The third-order valence-electron chi connectivity index (χ3n) is 6.02. The van der Waals surface area contributed by atoms with Gasteiger partial charge in [-0.25, -0.2) is 4.79 Å². The van der Waals surface area contributed by atoms with Crippen molar-refractivity contribution in [3.63, 3.8) is 0 Å². The first-order valence-electron chi connectivity index (χ1n) is 11.2. The van der Waals surface area contributed by atoms with Crippen LogP contribution in [0.5, 0.6) is 0 Å². The third-order valence-corrected chi connectivity index (χ3v) is 6.02. The number of hydrogen-bond donors (Lipinski definition) is 2. The van der Waals surface area contributed by atoms with Crippen molar-refractivity contribution >= 4 is 17.9 Å². The number of aromatic nitrogens is 2. The van der Waals surface area contributed by atoms with E-state index in [0.29, 0.717) is 31.9 Å². The Morgan fingerprint density at radius 3 is 2.79 bits per heavy atom. The van der Waals surface area contributed by atoms with Gasteiger partial charge in [-0.05, 0) is 25.0 Å². The molecule has 0 spiro atoms. The van der Waals surface area contributed by atoms with Gasteiger partial charge in [-0.1, -0.05) is 37.3 Å². The number of aryl methyl sites for hydroxylation is 1. The number of H-pyrrole nitrogens is 1. The van der Waals surface area contributed by atoms with Gasteiger partial charge < -0.3 is 24.6 Å². The molecule has 4 rings (SSSR count). The van der Waals surface area contributed by atoms with E-state index in [1.165, 1.54) is 0 Å². The molecule has 3 amide bonds. The lowest BCUT2D eigenvalue weighted by atomic mass is 10.1. The Bertz CT molecular complexity index is 994. The van der Waals surface area contributed by atoms with Crippen molar-refractivity contribution in [3.05, 3.63) is 53.3 Å². The summed E-state index contributed by atoms with van der Waals surface area (Å²) in [4.78, 5) is 41.5. The second-order valence-electron chi connectivity index (χ2n) is 8.28. The molecule has 1 aromatic carbocycles. The Kier molecular flexibility index (Phi) is 6.93. The summed E-state index contributed by atoms with van der Waals surface area (Å²) in [5.74, 6) is -0.417. The van der Waals surface area contributed by atoms with Crippen molar-refractivity contribution in [1.82, 2.24) is 25.3 Å². The number of fused-ring (bicyclic) bond motifs is 1. The summed E-state index contributed by atoms with van der Waals surface area (Å²) in [6.07, 6.45) is -0.167. The second-order valence-corrected chi connectivity index (χ2v) is 8.28. The molecule has 0 aliphatic carbocycles. The van der Waals surface area contributed by atoms with Gasteiger partial charge in [-0.2, -0.15) is 5.10 Å². The average Bonchev–Trinajstić information content (AvgIpc) is 3.49. The fraction of sp³-hybridized carbons (Fsp3) is 0.478. The molecule has 2 aliphatic rings. The molecule has 0 bridgehead atoms. The maximum Gasteiger partial charge on any atom is 0.408 e. The van der Waals surface area contributed by atoms with E-state index < -0.39 is 12.1 Å². The fourth-order valence-electron chi connectivity index (χ4n) is 4.20. The van der Waals surface area contributed by atoms with Crippen LogP contribution in [0.4, 0.5) is 4.79 Å². The number of hydrogen-bond acceptors (Lipinski definition) is 6. The van der Waals surface area contributed by atoms with E-state index in [9.17, 15) is 14.4 Å². The highest BCUT2D eigenvalue weighted by atomic mass is 16.5. The molecule has 1 aromatic heterocycles. The largest absolute Gasteiger partial charge is 0.445 e. The van der Waals surface area contributed by atoms with Gasteiger partial charge in [0.15, 0.2) is 0 Å². The molecule has 2 aromatic rings. The maximum absolute atomic E-state index is 13.0. The molecular formula is C23H29N5O5. The predicted octanol–water partition coefficient (Wildman–Crippen LogP) is 1.34. The maximum atomic E-state index is 13.0. The molecule has 0 radical (unpaired) electrons. The highest BCUT2D eigenvalue weighted by Gasteiger charge is 2.44. The molecule has 1 unspecified atom stereocenters. The Morgan fingerprint density at radius 2 is 2.06 bits per heavy atom. The molecule has 10 nitrogen and oxygen atoms in total. The van der Waals surface area contributed by atoms with Crippen LogP contribution in [0.25, 0.3) is 0 Å². The molecule has 2 aliphatic heterocycles. The van der Waals surface area contributed by atoms with E-state index in [4.69, 9.17) is 9.47 Å². The van der Waals surface area contributed by atoms with Crippen LogP contribution in [-0.4, -0.2) is 82.3 Å². The van der Waals surface area contributed by atoms with E-state index in [2.05, 4.69) is 15.5 Å². The van der Waals surface area contributed by atoms with Crippen LogP contribution >= 0.6 is 0 Å². The number of nitrogens with zero attached hydrogens (tertiary/aromatic N) is 3. The second kappa shape index (κ2) is 10.0. The Morgan fingerprint density at radius 1 is 1.27 bits per heavy atom. The molecule has 33 heavy (non-hydrogen) atoms. The van der Waals surface area contributed by atoms with Crippen molar-refractivity contribution in [2.75, 3.05) is 26.2 Å². The zero-order chi connectivity index (χ0) is 23.4. The normalized spacial score (nSPS) is 20.8. The standard InChI is InChI=1S/C23H29N5O5/c1-3-17-11-18(26-25-17)22(30)28-9-10-32-20-13-27(12-19(20)28)21(29)15(2)24-23(31)33-14-16-7-5-4-6-8-16/h4-8,11,15,19-20H,3,9-10,12-14H2,1-2H3,(H,24,31)(H,25,26)/t15?,19-,20+/m0/s1. The summed E-state index contributed by atoms with van der Waals surface area (Å²) in [6, 6.07) is 10.1. The molecule has 3 atom stereocenters. The van der Waals surface area contributed by atoms with Gasteiger partial charge in [0, 0.05) is 25.3 Å². The highest BCUT2D eigenvalue weighted by molar-refractivity contribution is 5.93. The number of carbonyl (C=O) groups is 3. The number of alkyl carbamates (subject to hydrolysis) is 1. The van der Waals surface area contributed by atoms with Crippen molar-refractivity contribution in [2.45, 2.75) is 45.1 Å². The van der Waals surface area contributed by atoms with E-state index >= 15 is 0 Å². The van der Waals surface area contributed by atoms with E-state index in [1.807, 2.05) is 37.3 Å². The molecule has 2 fully saturated rings. The van der Waals surface area contributed by atoms with Crippen LogP contribution in [0.2, 0.25) is 0 Å². The van der Waals surface area contributed by atoms with Crippen LogP contribution in [0.1, 0.15) is 35.6 Å². The summed E-state index contributed by atoms with van der Waals surface area (Å²) >= 11 is 0. The summed E-state index contributed by atoms with van der Waals surface area (Å²) in [6.45, 7) is 5.27.